The number of nitrogens with one attached hydrogen (secondary N) is 2. The quantitative estimate of drug-likeness (QED) is 0.285. The molecule has 0 bridgehead atoms. The molecule has 36 heavy (non-hydrogen) atoms. The van der Waals surface area contributed by atoms with Crippen LogP contribution in [0.4, 0.5) is 11.4 Å². The van der Waals surface area contributed by atoms with Crippen molar-refractivity contribution in [1.29, 1.82) is 0 Å². The predicted molar refractivity (Wildman–Crippen MR) is 150 cm³/mol. The van der Waals surface area contributed by atoms with Gasteiger partial charge in [0.2, 0.25) is 0 Å². The van der Waals surface area contributed by atoms with Gasteiger partial charge in [0.25, 0.3) is 5.56 Å². The van der Waals surface area contributed by atoms with Gasteiger partial charge >= 0.3 is 0 Å². The molecule has 8 heteroatoms. The highest BCUT2D eigenvalue weighted by Crippen LogP contribution is 2.51. The van der Waals surface area contributed by atoms with Crippen LogP contribution in [0, 0.1) is 5.92 Å². The maximum atomic E-state index is 12.4. The molecule has 2 aliphatic rings. The third-order valence-electron chi connectivity index (χ3n) is 6.65. The Morgan fingerprint density at radius 2 is 1.97 bits per heavy atom. The summed E-state index contributed by atoms with van der Waals surface area (Å²) in [5.74, 6) is 0.583. The molecule has 1 fully saturated rings. The molecule has 2 aliphatic heterocycles. The van der Waals surface area contributed by atoms with Gasteiger partial charge in [0.1, 0.15) is 11.8 Å². The summed E-state index contributed by atoms with van der Waals surface area (Å²) in [6.07, 6.45) is 2.62. The first-order chi connectivity index (χ1) is 17.4. The zero-order valence-corrected chi connectivity index (χ0v) is 22.6. The fourth-order valence-electron chi connectivity index (χ4n) is 4.81. The van der Waals surface area contributed by atoms with Crippen molar-refractivity contribution in [2.75, 3.05) is 29.9 Å². The Balaban J connectivity index is 1.36. The Labute approximate surface area is 221 Å². The van der Waals surface area contributed by atoms with Crippen LogP contribution in [0.15, 0.2) is 79.1 Å². The van der Waals surface area contributed by atoms with Crippen molar-refractivity contribution >= 4 is 34.9 Å². The van der Waals surface area contributed by atoms with E-state index in [1.807, 2.05) is 35.7 Å². The number of aromatic nitrogens is 1. The van der Waals surface area contributed by atoms with Crippen LogP contribution in [0.2, 0.25) is 0 Å². The number of nitrogens with two attached hydrogens (primary N) is 1. The lowest BCUT2D eigenvalue weighted by molar-refractivity contribution is 0.0378. The number of ether oxygens (including phenoxy) is 1. The van der Waals surface area contributed by atoms with Crippen molar-refractivity contribution in [3.05, 3.63) is 70.6 Å². The van der Waals surface area contributed by atoms with E-state index in [9.17, 15) is 4.79 Å². The molecule has 0 spiro atoms. The molecule has 3 aromatic rings. The molecule has 3 atom stereocenters. The molecule has 190 valence electrons. The number of benzene rings is 2. The molecule has 1 saturated heterocycles. The van der Waals surface area contributed by atoms with Gasteiger partial charge in [-0.1, -0.05) is 49.5 Å². The van der Waals surface area contributed by atoms with E-state index in [4.69, 9.17) is 10.5 Å². The topological polar surface area (TPSA) is 83.4 Å². The molecule has 2 aromatic carbocycles. The van der Waals surface area contributed by atoms with Crippen LogP contribution in [0.5, 0.6) is 0 Å². The second-order valence-electron chi connectivity index (χ2n) is 9.97. The number of fused-ring (bicyclic) bond motifs is 2. The molecule has 3 heterocycles. The first kappa shape index (κ1) is 25.3. The van der Waals surface area contributed by atoms with Gasteiger partial charge in [-0.15, -0.1) is 0 Å². The summed E-state index contributed by atoms with van der Waals surface area (Å²) in [4.78, 5) is 22.3. The van der Waals surface area contributed by atoms with Crippen LogP contribution in [-0.4, -0.2) is 36.8 Å². The lowest BCUT2D eigenvalue weighted by Crippen LogP contribution is -2.41. The number of morpholine rings is 1. The highest BCUT2D eigenvalue weighted by Gasteiger charge is 2.29. The van der Waals surface area contributed by atoms with Gasteiger partial charge in [-0.3, -0.25) is 4.79 Å². The normalized spacial score (nSPS) is 18.9. The van der Waals surface area contributed by atoms with Crippen molar-refractivity contribution in [1.82, 2.24) is 4.98 Å². The van der Waals surface area contributed by atoms with Crippen LogP contribution >= 0.6 is 23.5 Å². The van der Waals surface area contributed by atoms with E-state index < -0.39 is 0 Å². The SMILES string of the molecule is CC(C)CC(Nc1ccc2c(c1)Sc1cccc(C3CN(c4ccc[nH]c4=O)CCO3)c1S2)[C@H](C)N. The molecule has 0 amide bonds. The standard InChI is InChI=1S/C28H34N4O2S2/c1-17(2)14-21(18(3)29)31-19-9-10-24-26(15-19)35-25-8-4-6-20(27(25)36-24)23-16-32(12-13-34-23)22-7-5-11-30-28(22)33/h4-11,15,17-18,21,23,31H,12-14,16,29H2,1-3H3,(H,30,33)/t18-,21?,23?/m0/s1. The average molecular weight is 523 g/mol. The van der Waals surface area contributed by atoms with Crippen LogP contribution in [-0.2, 0) is 4.74 Å². The van der Waals surface area contributed by atoms with Crippen molar-refractivity contribution in [2.24, 2.45) is 11.7 Å². The second kappa shape index (κ2) is 10.9. The summed E-state index contributed by atoms with van der Waals surface area (Å²) >= 11 is 3.62. The molecule has 0 saturated carbocycles. The van der Waals surface area contributed by atoms with E-state index >= 15 is 0 Å². The molecule has 6 nitrogen and oxygen atoms in total. The van der Waals surface area contributed by atoms with Gasteiger partial charge in [-0.25, -0.2) is 0 Å². The zero-order valence-electron chi connectivity index (χ0n) is 21.0. The molecule has 2 unspecified atom stereocenters. The number of rotatable bonds is 7. The second-order valence-corrected chi connectivity index (χ2v) is 12.1. The van der Waals surface area contributed by atoms with Gasteiger partial charge in [0.05, 0.1) is 6.61 Å². The third-order valence-corrected chi connectivity index (χ3v) is 9.26. The van der Waals surface area contributed by atoms with Gasteiger partial charge < -0.3 is 25.7 Å². The Kier molecular flexibility index (Phi) is 7.67. The van der Waals surface area contributed by atoms with Crippen LogP contribution in [0.3, 0.4) is 0 Å². The van der Waals surface area contributed by atoms with Crippen molar-refractivity contribution in [3.8, 4) is 0 Å². The Morgan fingerprint density at radius 1 is 1.11 bits per heavy atom. The number of nitrogens with zero attached hydrogens (tertiary/aromatic N) is 1. The number of aromatic amines is 1. The smallest absolute Gasteiger partial charge is 0.271 e. The highest BCUT2D eigenvalue weighted by atomic mass is 32.2. The number of hydrogen-bond donors (Lipinski definition) is 3. The molecular weight excluding hydrogens is 488 g/mol. The zero-order chi connectivity index (χ0) is 25.2. The Hall–Kier alpha value is -2.39. The first-order valence-corrected chi connectivity index (χ1v) is 14.2. The van der Waals surface area contributed by atoms with E-state index in [-0.39, 0.29) is 23.7 Å². The van der Waals surface area contributed by atoms with Crippen LogP contribution in [0.25, 0.3) is 0 Å². The number of pyridine rings is 1. The van der Waals surface area contributed by atoms with E-state index in [1.54, 1.807) is 6.20 Å². The number of hydrogen-bond acceptors (Lipinski definition) is 7. The minimum atomic E-state index is -0.0910. The maximum absolute atomic E-state index is 12.4. The minimum absolute atomic E-state index is 0.0591. The van der Waals surface area contributed by atoms with Gasteiger partial charge in [-0.05, 0) is 61.2 Å². The van der Waals surface area contributed by atoms with E-state index in [0.717, 1.165) is 12.1 Å². The summed E-state index contributed by atoms with van der Waals surface area (Å²) < 4.78 is 6.23. The summed E-state index contributed by atoms with van der Waals surface area (Å²) in [5.41, 5.74) is 9.21. The van der Waals surface area contributed by atoms with Gasteiger partial charge in [0.15, 0.2) is 0 Å². The average Bonchev–Trinajstić information content (AvgIpc) is 2.86. The Morgan fingerprint density at radius 3 is 2.75 bits per heavy atom. The summed E-state index contributed by atoms with van der Waals surface area (Å²) in [7, 11) is 0. The van der Waals surface area contributed by atoms with Gasteiger partial charge in [-0.2, -0.15) is 0 Å². The van der Waals surface area contributed by atoms with E-state index in [0.29, 0.717) is 31.3 Å². The maximum Gasteiger partial charge on any atom is 0.271 e. The number of H-pyrrole nitrogens is 1. The van der Waals surface area contributed by atoms with E-state index in [1.165, 1.54) is 25.1 Å². The third kappa shape index (κ3) is 5.47. The molecule has 1 aromatic heterocycles. The lowest BCUT2D eigenvalue weighted by Gasteiger charge is -2.35. The molecule has 0 aliphatic carbocycles. The first-order valence-electron chi connectivity index (χ1n) is 12.6. The van der Waals surface area contributed by atoms with Crippen molar-refractivity contribution in [2.45, 2.75) is 65.0 Å². The fraction of sp³-hybridized carbons (Fsp3) is 0.393. The molecule has 0 radical (unpaired) electrons. The van der Waals surface area contributed by atoms with Crippen LogP contribution < -0.4 is 21.5 Å². The minimum Gasteiger partial charge on any atom is -0.381 e. The molecule has 5 rings (SSSR count). The van der Waals surface area contributed by atoms with Crippen molar-refractivity contribution < 1.29 is 4.74 Å². The number of anilines is 2. The van der Waals surface area contributed by atoms with Crippen LogP contribution in [0.1, 0.15) is 38.9 Å². The van der Waals surface area contributed by atoms with Crippen molar-refractivity contribution in [3.63, 3.8) is 0 Å². The van der Waals surface area contributed by atoms with E-state index in [2.05, 4.69) is 72.4 Å². The molecular formula is C28H34N4O2S2. The monoisotopic (exact) mass is 522 g/mol. The Bertz CT molecular complexity index is 1280. The predicted octanol–water partition coefficient (Wildman–Crippen LogP) is 5.74. The summed E-state index contributed by atoms with van der Waals surface area (Å²) in [5, 5.41) is 3.67. The fourth-order valence-corrected chi connectivity index (χ4v) is 7.26. The molecule has 4 N–H and O–H groups in total. The largest absolute Gasteiger partial charge is 0.381 e. The summed E-state index contributed by atoms with van der Waals surface area (Å²) in [6, 6.07) is 17.2. The highest BCUT2D eigenvalue weighted by molar-refractivity contribution is 8.05. The summed E-state index contributed by atoms with van der Waals surface area (Å²) in [6.45, 7) is 8.49. The lowest BCUT2D eigenvalue weighted by atomic mass is 9.98. The van der Waals surface area contributed by atoms with Gasteiger partial charge in [0, 0.05) is 56.6 Å².